The molecule has 2 aliphatic heterocycles. The van der Waals surface area contributed by atoms with Crippen molar-refractivity contribution >= 4 is 17.6 Å². The first-order valence-corrected chi connectivity index (χ1v) is 10.2. The number of benzene rings is 2. The smallest absolute Gasteiger partial charge is 0.119 e. The monoisotopic (exact) mass is 372 g/mol. The molecule has 0 N–H and O–H groups in total. The fourth-order valence-electron chi connectivity index (χ4n) is 4.42. The van der Waals surface area contributed by atoms with Gasteiger partial charge in [0, 0.05) is 29.6 Å². The van der Waals surface area contributed by atoms with Crippen LogP contribution < -0.4 is 9.64 Å². The number of rotatable bonds is 5. The predicted octanol–water partition coefficient (Wildman–Crippen LogP) is 6.19. The number of fused-ring (bicyclic) bond motifs is 3. The fraction of sp³-hybridized carbons (Fsp3) is 0.320. The maximum atomic E-state index is 5.48. The minimum absolute atomic E-state index is 0.0446. The third-order valence-corrected chi connectivity index (χ3v) is 5.62. The van der Waals surface area contributed by atoms with Gasteiger partial charge >= 0.3 is 0 Å². The average Bonchev–Trinajstić information content (AvgIpc) is 2.95. The number of para-hydroxylation sites is 1. The predicted molar refractivity (Wildman–Crippen MR) is 118 cm³/mol. The van der Waals surface area contributed by atoms with E-state index in [0.29, 0.717) is 6.61 Å². The number of ether oxygens (including phenoxy) is 1. The molecular formula is C25H28N2O. The molecule has 0 spiro atoms. The zero-order valence-corrected chi connectivity index (χ0v) is 17.0. The maximum Gasteiger partial charge on any atom is 0.119 e. The summed E-state index contributed by atoms with van der Waals surface area (Å²) >= 11 is 0. The Balaban J connectivity index is 1.56. The van der Waals surface area contributed by atoms with Crippen LogP contribution in [0.25, 0.3) is 0 Å². The van der Waals surface area contributed by atoms with E-state index in [2.05, 4.69) is 60.2 Å². The second-order valence-corrected chi connectivity index (χ2v) is 7.84. The van der Waals surface area contributed by atoms with Crippen LogP contribution in [0.3, 0.4) is 0 Å². The molecule has 0 bridgehead atoms. The average molecular weight is 373 g/mol. The summed E-state index contributed by atoms with van der Waals surface area (Å²) in [6.07, 6.45) is 8.51. The highest BCUT2D eigenvalue weighted by molar-refractivity contribution is 5.77. The van der Waals surface area contributed by atoms with Gasteiger partial charge in [0.05, 0.1) is 12.3 Å². The van der Waals surface area contributed by atoms with Crippen LogP contribution in [0.1, 0.15) is 39.2 Å². The molecule has 0 aromatic heterocycles. The molecule has 3 heteroatoms. The van der Waals surface area contributed by atoms with Crippen LogP contribution >= 0.6 is 0 Å². The largest absolute Gasteiger partial charge is 0.494 e. The first kappa shape index (κ1) is 18.5. The zero-order valence-electron chi connectivity index (χ0n) is 17.0. The van der Waals surface area contributed by atoms with Gasteiger partial charge in [-0.15, -0.1) is 0 Å². The lowest BCUT2D eigenvalue weighted by Gasteiger charge is -2.33. The highest BCUT2D eigenvalue weighted by atomic mass is 16.5. The molecule has 144 valence electrons. The molecule has 0 saturated heterocycles. The van der Waals surface area contributed by atoms with Crippen LogP contribution in [-0.4, -0.2) is 19.4 Å². The van der Waals surface area contributed by atoms with Gasteiger partial charge in [0.15, 0.2) is 0 Å². The van der Waals surface area contributed by atoms with Crippen molar-refractivity contribution in [2.24, 2.45) is 4.99 Å². The number of hydrogen-bond acceptors (Lipinski definition) is 3. The standard InChI is InChI=1S/C25H28N2O/c1-4-28-21-15-13-20(14-16-21)26-17-7-9-19-10-8-18-27-23-12-6-5-11-22(23)25(2,3)24(19)27/h5-7,9,11-17H,4,8,10,18H2,1-3H3. The summed E-state index contributed by atoms with van der Waals surface area (Å²) in [5, 5.41) is 0. The van der Waals surface area contributed by atoms with Crippen molar-refractivity contribution in [3.63, 3.8) is 0 Å². The lowest BCUT2D eigenvalue weighted by Crippen LogP contribution is -2.31. The lowest BCUT2D eigenvalue weighted by atomic mass is 9.80. The van der Waals surface area contributed by atoms with Gasteiger partial charge in [-0.05, 0) is 67.3 Å². The fourth-order valence-corrected chi connectivity index (χ4v) is 4.42. The van der Waals surface area contributed by atoms with Gasteiger partial charge in [0.25, 0.3) is 0 Å². The molecule has 4 rings (SSSR count). The van der Waals surface area contributed by atoms with E-state index >= 15 is 0 Å². The number of hydrogen-bond donors (Lipinski definition) is 0. The van der Waals surface area contributed by atoms with Crippen LogP contribution in [0, 0.1) is 0 Å². The molecule has 0 atom stereocenters. The van der Waals surface area contributed by atoms with Crippen molar-refractivity contribution in [1.82, 2.24) is 0 Å². The summed E-state index contributed by atoms with van der Waals surface area (Å²) in [7, 11) is 0. The highest BCUT2D eigenvalue weighted by Crippen LogP contribution is 2.50. The molecular weight excluding hydrogens is 344 g/mol. The summed E-state index contributed by atoms with van der Waals surface area (Å²) in [5.41, 5.74) is 6.65. The van der Waals surface area contributed by atoms with E-state index in [-0.39, 0.29) is 5.41 Å². The Labute approximate surface area is 168 Å². The van der Waals surface area contributed by atoms with Crippen LogP contribution in [-0.2, 0) is 5.41 Å². The number of nitrogens with zero attached hydrogens (tertiary/aromatic N) is 2. The lowest BCUT2D eigenvalue weighted by molar-refractivity contribution is 0.340. The van der Waals surface area contributed by atoms with E-state index in [9.17, 15) is 0 Å². The second kappa shape index (κ2) is 7.67. The van der Waals surface area contributed by atoms with Crippen molar-refractivity contribution in [3.05, 3.63) is 77.5 Å². The van der Waals surface area contributed by atoms with Crippen LogP contribution in [0.4, 0.5) is 11.4 Å². The van der Waals surface area contributed by atoms with Crippen molar-refractivity contribution in [2.75, 3.05) is 18.1 Å². The molecule has 3 nitrogen and oxygen atoms in total. The van der Waals surface area contributed by atoms with Crippen molar-refractivity contribution in [2.45, 2.75) is 39.0 Å². The van der Waals surface area contributed by atoms with E-state index < -0.39 is 0 Å². The summed E-state index contributed by atoms with van der Waals surface area (Å²) < 4.78 is 5.48. The molecule has 0 radical (unpaired) electrons. The summed E-state index contributed by atoms with van der Waals surface area (Å²) in [6, 6.07) is 16.7. The Hall–Kier alpha value is -2.81. The summed E-state index contributed by atoms with van der Waals surface area (Å²) in [6.45, 7) is 8.46. The van der Waals surface area contributed by atoms with Gasteiger partial charge in [0.2, 0.25) is 0 Å². The number of allylic oxidation sites excluding steroid dienone is 4. The highest BCUT2D eigenvalue weighted by Gasteiger charge is 2.42. The topological polar surface area (TPSA) is 24.8 Å². The Morgan fingerprint density at radius 1 is 1.11 bits per heavy atom. The Bertz CT molecular complexity index is 935. The van der Waals surface area contributed by atoms with E-state index in [1.165, 1.54) is 28.9 Å². The molecule has 0 unspecified atom stereocenters. The van der Waals surface area contributed by atoms with Gasteiger partial charge in [-0.1, -0.05) is 38.1 Å². The third-order valence-electron chi connectivity index (χ3n) is 5.62. The molecule has 0 amide bonds. The minimum Gasteiger partial charge on any atom is -0.494 e. The van der Waals surface area contributed by atoms with Crippen molar-refractivity contribution < 1.29 is 4.74 Å². The van der Waals surface area contributed by atoms with E-state index in [1.54, 1.807) is 0 Å². The van der Waals surface area contributed by atoms with Gasteiger partial charge < -0.3 is 9.64 Å². The normalized spacial score (nSPS) is 18.0. The van der Waals surface area contributed by atoms with E-state index in [4.69, 9.17) is 4.74 Å². The molecule has 2 aromatic rings. The van der Waals surface area contributed by atoms with Crippen molar-refractivity contribution in [3.8, 4) is 5.75 Å². The van der Waals surface area contributed by atoms with Crippen molar-refractivity contribution in [1.29, 1.82) is 0 Å². The molecule has 0 fully saturated rings. The SMILES string of the molecule is CCOc1ccc(N=CC=CC2=C3N(CCC2)c2ccccc2C3(C)C)cc1. The molecule has 2 aliphatic rings. The Kier molecular flexibility index (Phi) is 5.08. The number of anilines is 1. The number of aliphatic imine (C=N–C) groups is 1. The van der Waals surface area contributed by atoms with Gasteiger partial charge in [-0.3, -0.25) is 4.99 Å². The van der Waals surface area contributed by atoms with Gasteiger partial charge in [0.1, 0.15) is 5.75 Å². The second-order valence-electron chi connectivity index (χ2n) is 7.84. The molecule has 2 aromatic carbocycles. The van der Waals surface area contributed by atoms with E-state index in [0.717, 1.165) is 24.4 Å². The quantitative estimate of drug-likeness (QED) is 0.585. The molecule has 28 heavy (non-hydrogen) atoms. The van der Waals surface area contributed by atoms with Crippen LogP contribution in [0.2, 0.25) is 0 Å². The maximum absolute atomic E-state index is 5.48. The van der Waals surface area contributed by atoms with Gasteiger partial charge in [-0.2, -0.15) is 0 Å². The first-order chi connectivity index (χ1) is 13.6. The van der Waals surface area contributed by atoms with E-state index in [1.807, 2.05) is 37.4 Å². The van der Waals surface area contributed by atoms with Crippen LogP contribution in [0.5, 0.6) is 5.75 Å². The third kappa shape index (κ3) is 3.37. The molecule has 2 heterocycles. The zero-order chi connectivity index (χ0) is 19.6. The summed E-state index contributed by atoms with van der Waals surface area (Å²) in [5.74, 6) is 0.884. The summed E-state index contributed by atoms with van der Waals surface area (Å²) in [4.78, 5) is 7.07. The molecule has 0 aliphatic carbocycles. The minimum atomic E-state index is 0.0446. The van der Waals surface area contributed by atoms with Gasteiger partial charge in [-0.25, -0.2) is 0 Å². The Morgan fingerprint density at radius 3 is 2.68 bits per heavy atom. The molecule has 0 saturated carbocycles. The first-order valence-electron chi connectivity index (χ1n) is 10.2. The van der Waals surface area contributed by atoms with Crippen LogP contribution in [0.15, 0.2) is 76.9 Å². The Morgan fingerprint density at radius 2 is 1.89 bits per heavy atom.